The number of hydrogen-bond acceptors (Lipinski definition) is 5. The van der Waals surface area contributed by atoms with E-state index in [4.69, 9.17) is 10.5 Å². The topological polar surface area (TPSA) is 86.2 Å². The van der Waals surface area contributed by atoms with Crippen LogP contribution in [0.15, 0.2) is 12.5 Å². The number of ether oxygens (including phenoxy) is 1. The number of aromatic nitrogens is 3. The van der Waals surface area contributed by atoms with Crippen LogP contribution >= 0.6 is 22.6 Å². The van der Waals surface area contributed by atoms with Gasteiger partial charge in [-0.2, -0.15) is 0 Å². The summed E-state index contributed by atoms with van der Waals surface area (Å²) in [7, 11) is 1.54. The Balaban J connectivity index is 2.67. The third-order valence-electron chi connectivity index (χ3n) is 2.52. The largest absolute Gasteiger partial charge is 0.389 e. The molecule has 0 fully saturated rings. The fourth-order valence-electron chi connectivity index (χ4n) is 1.80. The Hall–Kier alpha value is -0.930. The van der Waals surface area contributed by atoms with E-state index in [2.05, 4.69) is 32.6 Å². The van der Waals surface area contributed by atoms with Crippen LogP contribution in [0.4, 0.5) is 5.82 Å². The quantitative estimate of drug-likeness (QED) is 0.813. The van der Waals surface area contributed by atoms with Crippen molar-refractivity contribution >= 4 is 39.4 Å². The lowest BCUT2D eigenvalue weighted by molar-refractivity contribution is -0.0470. The Kier molecular flexibility index (Phi) is 3.50. The van der Waals surface area contributed by atoms with Crippen LogP contribution in [0.5, 0.6) is 0 Å². The highest BCUT2D eigenvalue weighted by Gasteiger charge is 2.21. The molecule has 0 aliphatic rings. The minimum Gasteiger partial charge on any atom is -0.389 e. The number of aliphatic hydroxyl groups excluding tert-OH is 1. The molecule has 0 aliphatic heterocycles. The molecule has 0 saturated heterocycles. The minimum atomic E-state index is -0.650. The monoisotopic (exact) mass is 348 g/mol. The van der Waals surface area contributed by atoms with Gasteiger partial charge in [-0.1, -0.05) is 0 Å². The number of nitrogens with two attached hydrogens (primary N) is 1. The standard InChI is InChI=1S/C10H13IN4O2/c1-5(16)10(17-2)15-3-6(11)7-8(12)13-4-14-9(7)15/h3-5,10,16H,1-2H3,(H2,12,13,14)/t5?,10-/m1/s1. The van der Waals surface area contributed by atoms with Crippen molar-refractivity contribution in [1.82, 2.24) is 14.5 Å². The average molecular weight is 348 g/mol. The van der Waals surface area contributed by atoms with E-state index >= 15 is 0 Å². The lowest BCUT2D eigenvalue weighted by Crippen LogP contribution is -2.22. The first-order valence-corrected chi connectivity index (χ1v) is 6.11. The highest BCUT2D eigenvalue weighted by Crippen LogP contribution is 2.28. The number of aliphatic hydroxyl groups is 1. The Labute approximate surface area is 112 Å². The maximum Gasteiger partial charge on any atom is 0.160 e. The van der Waals surface area contributed by atoms with Crippen molar-refractivity contribution in [2.24, 2.45) is 0 Å². The summed E-state index contributed by atoms with van der Waals surface area (Å²) in [4.78, 5) is 8.15. The molecule has 0 spiro atoms. The minimum absolute atomic E-state index is 0.429. The maximum atomic E-state index is 9.68. The summed E-state index contributed by atoms with van der Waals surface area (Å²) < 4.78 is 7.96. The van der Waals surface area contributed by atoms with Gasteiger partial charge in [0.25, 0.3) is 0 Å². The smallest absolute Gasteiger partial charge is 0.160 e. The van der Waals surface area contributed by atoms with E-state index in [0.717, 1.165) is 8.96 Å². The van der Waals surface area contributed by atoms with Gasteiger partial charge in [-0.25, -0.2) is 9.97 Å². The van der Waals surface area contributed by atoms with Crippen LogP contribution in [0.25, 0.3) is 11.0 Å². The molecule has 0 radical (unpaired) electrons. The molecule has 2 atom stereocenters. The predicted molar refractivity (Wildman–Crippen MR) is 72.4 cm³/mol. The second-order valence-electron chi connectivity index (χ2n) is 3.71. The van der Waals surface area contributed by atoms with Gasteiger partial charge in [-0.3, -0.25) is 0 Å². The summed E-state index contributed by atoms with van der Waals surface area (Å²) in [5.41, 5.74) is 6.48. The van der Waals surface area contributed by atoms with Crippen LogP contribution < -0.4 is 5.73 Å². The van der Waals surface area contributed by atoms with Crippen molar-refractivity contribution < 1.29 is 9.84 Å². The van der Waals surface area contributed by atoms with Crippen LogP contribution in [-0.2, 0) is 4.74 Å². The van der Waals surface area contributed by atoms with E-state index in [1.165, 1.54) is 6.33 Å². The fourth-order valence-corrected chi connectivity index (χ4v) is 2.62. The molecule has 0 aliphatic carbocycles. The van der Waals surface area contributed by atoms with Gasteiger partial charge in [0, 0.05) is 16.9 Å². The number of methoxy groups -OCH3 is 1. The van der Waals surface area contributed by atoms with Crippen LogP contribution in [0.2, 0.25) is 0 Å². The van der Waals surface area contributed by atoms with Gasteiger partial charge in [0.2, 0.25) is 0 Å². The third kappa shape index (κ3) is 2.09. The van der Waals surface area contributed by atoms with E-state index in [1.54, 1.807) is 18.6 Å². The van der Waals surface area contributed by atoms with E-state index in [0.29, 0.717) is 11.5 Å². The van der Waals surface area contributed by atoms with Gasteiger partial charge in [0.1, 0.15) is 17.8 Å². The molecule has 2 aromatic heterocycles. The molecule has 92 valence electrons. The van der Waals surface area contributed by atoms with Crippen molar-refractivity contribution in [3.05, 3.63) is 16.1 Å². The van der Waals surface area contributed by atoms with E-state index < -0.39 is 12.3 Å². The predicted octanol–water partition coefficient (Wildman–Crippen LogP) is 1.14. The molecule has 3 N–H and O–H groups in total. The van der Waals surface area contributed by atoms with Crippen LogP contribution in [-0.4, -0.2) is 32.9 Å². The molecule has 0 amide bonds. The SMILES string of the molecule is CO[C@H](C(C)O)n1cc(I)c2c(N)ncnc21. The maximum absolute atomic E-state index is 9.68. The Bertz CT molecular complexity index is 540. The summed E-state index contributed by atoms with van der Waals surface area (Å²) in [6.45, 7) is 1.66. The lowest BCUT2D eigenvalue weighted by atomic mass is 10.3. The van der Waals surface area contributed by atoms with Crippen molar-refractivity contribution in [2.45, 2.75) is 19.3 Å². The lowest BCUT2D eigenvalue weighted by Gasteiger charge is -2.20. The average Bonchev–Trinajstić information content (AvgIpc) is 2.58. The van der Waals surface area contributed by atoms with Gasteiger partial charge in [0.05, 0.1) is 11.5 Å². The first kappa shape index (κ1) is 12.5. The number of anilines is 1. The Morgan fingerprint density at radius 1 is 1.53 bits per heavy atom. The summed E-state index contributed by atoms with van der Waals surface area (Å²) in [5.74, 6) is 0.429. The Morgan fingerprint density at radius 2 is 2.24 bits per heavy atom. The van der Waals surface area contributed by atoms with Gasteiger partial charge < -0.3 is 20.1 Å². The first-order chi connectivity index (χ1) is 8.06. The third-order valence-corrected chi connectivity index (χ3v) is 3.34. The molecule has 0 aromatic carbocycles. The highest BCUT2D eigenvalue weighted by molar-refractivity contribution is 14.1. The zero-order valence-corrected chi connectivity index (χ0v) is 11.6. The van der Waals surface area contributed by atoms with Crippen LogP contribution in [0, 0.1) is 3.57 Å². The van der Waals surface area contributed by atoms with Crippen LogP contribution in [0.1, 0.15) is 13.2 Å². The second-order valence-corrected chi connectivity index (χ2v) is 4.87. The summed E-state index contributed by atoms with van der Waals surface area (Å²) >= 11 is 2.16. The fraction of sp³-hybridized carbons (Fsp3) is 0.400. The van der Waals surface area contributed by atoms with Crippen molar-refractivity contribution in [3.8, 4) is 0 Å². The van der Waals surface area contributed by atoms with Gasteiger partial charge in [0.15, 0.2) is 6.23 Å². The van der Waals surface area contributed by atoms with Crippen LogP contribution in [0.3, 0.4) is 0 Å². The number of fused-ring (bicyclic) bond motifs is 1. The number of hydrogen-bond donors (Lipinski definition) is 2. The van der Waals surface area contributed by atoms with Crippen molar-refractivity contribution in [2.75, 3.05) is 12.8 Å². The van der Waals surface area contributed by atoms with Gasteiger partial charge in [-0.15, -0.1) is 0 Å². The summed E-state index contributed by atoms with van der Waals surface area (Å²) in [5, 5.41) is 10.5. The van der Waals surface area contributed by atoms with Crippen molar-refractivity contribution in [3.63, 3.8) is 0 Å². The highest BCUT2D eigenvalue weighted by atomic mass is 127. The van der Waals surface area contributed by atoms with E-state index in [1.807, 2.05) is 6.20 Å². The molecule has 2 rings (SSSR count). The molecule has 0 bridgehead atoms. The number of nitrogens with zero attached hydrogens (tertiary/aromatic N) is 3. The number of halogens is 1. The first-order valence-electron chi connectivity index (χ1n) is 5.03. The number of nitrogen functional groups attached to an aromatic ring is 1. The van der Waals surface area contributed by atoms with Gasteiger partial charge in [-0.05, 0) is 29.5 Å². The second kappa shape index (κ2) is 4.75. The summed E-state index contributed by atoms with van der Waals surface area (Å²) in [6.07, 6.45) is 2.11. The zero-order chi connectivity index (χ0) is 12.6. The summed E-state index contributed by atoms with van der Waals surface area (Å²) in [6, 6.07) is 0. The van der Waals surface area contributed by atoms with E-state index in [9.17, 15) is 5.11 Å². The molecule has 2 heterocycles. The zero-order valence-electron chi connectivity index (χ0n) is 9.46. The molecular formula is C10H13IN4O2. The molecule has 0 saturated carbocycles. The molecule has 1 unspecified atom stereocenters. The normalized spacial score (nSPS) is 15.1. The molecular weight excluding hydrogens is 335 g/mol. The van der Waals surface area contributed by atoms with Crippen molar-refractivity contribution in [1.29, 1.82) is 0 Å². The van der Waals surface area contributed by atoms with E-state index in [-0.39, 0.29) is 0 Å². The van der Waals surface area contributed by atoms with Gasteiger partial charge >= 0.3 is 0 Å². The molecule has 2 aromatic rings. The molecule has 6 nitrogen and oxygen atoms in total. The Morgan fingerprint density at radius 3 is 2.82 bits per heavy atom. The molecule has 7 heteroatoms. The number of rotatable bonds is 3. The molecule has 17 heavy (non-hydrogen) atoms.